The minimum atomic E-state index is -0.675. The monoisotopic (exact) mass is 412 g/mol. The Balaban J connectivity index is 1.65. The molecule has 30 heavy (non-hydrogen) atoms. The summed E-state index contributed by atoms with van der Waals surface area (Å²) in [7, 11) is 1.51. The number of aromatic nitrogens is 3. The SMILES string of the molecule is COc1ccc(C=NNC(=O)Cc2ccc(F)cc2)cc1Cn1cnc([N+](=O)[O-])n1. The van der Waals surface area contributed by atoms with Gasteiger partial charge in [0.1, 0.15) is 11.6 Å². The topological polar surface area (TPSA) is 125 Å². The van der Waals surface area contributed by atoms with Crippen LogP contribution in [0.4, 0.5) is 10.3 Å². The Labute approximate surface area is 170 Å². The molecular formula is C19H17FN6O4. The highest BCUT2D eigenvalue weighted by molar-refractivity contribution is 5.83. The zero-order chi connectivity index (χ0) is 21.5. The number of nitrogens with zero attached hydrogens (tertiary/aromatic N) is 5. The van der Waals surface area contributed by atoms with E-state index in [-0.39, 0.29) is 24.7 Å². The van der Waals surface area contributed by atoms with Gasteiger partial charge in [-0.1, -0.05) is 17.1 Å². The summed E-state index contributed by atoms with van der Waals surface area (Å²) in [6, 6.07) is 10.8. The molecule has 1 heterocycles. The van der Waals surface area contributed by atoms with Crippen LogP contribution in [0.3, 0.4) is 0 Å². The van der Waals surface area contributed by atoms with E-state index in [0.29, 0.717) is 22.4 Å². The first-order valence-corrected chi connectivity index (χ1v) is 8.71. The number of carbonyl (C=O) groups excluding carboxylic acids is 1. The molecule has 1 amide bonds. The molecule has 3 rings (SSSR count). The number of amides is 1. The van der Waals surface area contributed by atoms with Crippen molar-refractivity contribution < 1.29 is 18.8 Å². The minimum absolute atomic E-state index is 0.0660. The Kier molecular flexibility index (Phi) is 6.42. The number of carbonyl (C=O) groups is 1. The number of rotatable bonds is 8. The molecule has 0 saturated heterocycles. The lowest BCUT2D eigenvalue weighted by Crippen LogP contribution is -2.19. The zero-order valence-corrected chi connectivity index (χ0v) is 15.9. The van der Waals surface area contributed by atoms with Gasteiger partial charge in [-0.3, -0.25) is 4.79 Å². The predicted octanol–water partition coefficient (Wildman–Crippen LogP) is 2.08. The average molecular weight is 412 g/mol. The highest BCUT2D eigenvalue weighted by Gasteiger charge is 2.15. The molecule has 0 saturated carbocycles. The maximum Gasteiger partial charge on any atom is 0.490 e. The number of methoxy groups -OCH3 is 1. The molecule has 1 aromatic heterocycles. The van der Waals surface area contributed by atoms with Gasteiger partial charge in [-0.15, -0.1) is 0 Å². The highest BCUT2D eigenvalue weighted by Crippen LogP contribution is 2.20. The van der Waals surface area contributed by atoms with Crippen molar-refractivity contribution in [1.29, 1.82) is 0 Å². The van der Waals surface area contributed by atoms with Crippen LogP contribution in [0.15, 0.2) is 53.9 Å². The fraction of sp³-hybridized carbons (Fsp3) is 0.158. The third-order valence-corrected chi connectivity index (χ3v) is 4.01. The molecule has 0 aliphatic heterocycles. The second kappa shape index (κ2) is 9.37. The van der Waals surface area contributed by atoms with E-state index in [4.69, 9.17) is 4.74 Å². The molecule has 154 valence electrons. The molecule has 0 bridgehead atoms. The number of benzene rings is 2. The van der Waals surface area contributed by atoms with Crippen molar-refractivity contribution >= 4 is 18.1 Å². The van der Waals surface area contributed by atoms with Crippen LogP contribution in [0.5, 0.6) is 5.75 Å². The van der Waals surface area contributed by atoms with Crippen LogP contribution in [0.25, 0.3) is 0 Å². The number of nitro groups is 1. The van der Waals surface area contributed by atoms with Crippen LogP contribution < -0.4 is 10.2 Å². The van der Waals surface area contributed by atoms with E-state index in [2.05, 4.69) is 20.6 Å². The summed E-state index contributed by atoms with van der Waals surface area (Å²) < 4.78 is 19.5. The zero-order valence-electron chi connectivity index (χ0n) is 15.9. The molecule has 0 radical (unpaired) electrons. The van der Waals surface area contributed by atoms with Crippen LogP contribution in [0.1, 0.15) is 16.7 Å². The van der Waals surface area contributed by atoms with Crippen LogP contribution >= 0.6 is 0 Å². The molecule has 1 N–H and O–H groups in total. The van der Waals surface area contributed by atoms with Crippen molar-refractivity contribution in [2.45, 2.75) is 13.0 Å². The van der Waals surface area contributed by atoms with Gasteiger partial charge in [0.05, 0.1) is 26.3 Å². The first-order chi connectivity index (χ1) is 14.4. The summed E-state index contributed by atoms with van der Waals surface area (Å²) in [6.45, 7) is 0.197. The maximum absolute atomic E-state index is 12.9. The minimum Gasteiger partial charge on any atom is -0.496 e. The number of hydrazone groups is 1. The van der Waals surface area contributed by atoms with E-state index in [1.165, 1.54) is 48.6 Å². The average Bonchev–Trinajstić information content (AvgIpc) is 3.19. The third-order valence-electron chi connectivity index (χ3n) is 4.01. The van der Waals surface area contributed by atoms with Crippen LogP contribution in [-0.2, 0) is 17.8 Å². The molecule has 0 atom stereocenters. The van der Waals surface area contributed by atoms with E-state index in [1.54, 1.807) is 18.2 Å². The summed E-state index contributed by atoms with van der Waals surface area (Å²) in [4.78, 5) is 25.6. The Hall–Kier alpha value is -4.15. The van der Waals surface area contributed by atoms with Crippen molar-refractivity contribution in [2.24, 2.45) is 5.10 Å². The number of halogens is 1. The Morgan fingerprint density at radius 1 is 1.33 bits per heavy atom. The lowest BCUT2D eigenvalue weighted by molar-refractivity contribution is -0.394. The number of ether oxygens (including phenoxy) is 1. The summed E-state index contributed by atoms with van der Waals surface area (Å²) in [5.41, 5.74) is 4.44. The fourth-order valence-corrected chi connectivity index (χ4v) is 2.63. The second-order valence-corrected chi connectivity index (χ2v) is 6.17. The number of hydrogen-bond donors (Lipinski definition) is 1. The van der Waals surface area contributed by atoms with Gasteiger partial charge in [-0.2, -0.15) is 9.78 Å². The Morgan fingerprint density at radius 2 is 2.10 bits per heavy atom. The van der Waals surface area contributed by atoms with E-state index in [0.717, 1.165) is 0 Å². The highest BCUT2D eigenvalue weighted by atomic mass is 19.1. The van der Waals surface area contributed by atoms with Crippen molar-refractivity contribution in [2.75, 3.05) is 7.11 Å². The maximum atomic E-state index is 12.9. The van der Waals surface area contributed by atoms with Gasteiger partial charge >= 0.3 is 5.95 Å². The van der Waals surface area contributed by atoms with Gasteiger partial charge in [-0.05, 0) is 46.4 Å². The van der Waals surface area contributed by atoms with E-state index in [1.807, 2.05) is 0 Å². The van der Waals surface area contributed by atoms with Crippen molar-refractivity contribution in [3.8, 4) is 5.75 Å². The van der Waals surface area contributed by atoms with Crippen LogP contribution in [0, 0.1) is 15.9 Å². The normalized spacial score (nSPS) is 10.9. The molecule has 0 aliphatic rings. The summed E-state index contributed by atoms with van der Waals surface area (Å²) in [6.07, 6.45) is 2.78. The van der Waals surface area contributed by atoms with E-state index >= 15 is 0 Å². The lowest BCUT2D eigenvalue weighted by atomic mass is 10.1. The van der Waals surface area contributed by atoms with Gasteiger partial charge in [0.15, 0.2) is 0 Å². The number of nitrogens with one attached hydrogen (secondary N) is 1. The molecular weight excluding hydrogens is 395 g/mol. The summed E-state index contributed by atoms with van der Waals surface area (Å²) in [5, 5.41) is 18.4. The second-order valence-electron chi connectivity index (χ2n) is 6.17. The summed E-state index contributed by atoms with van der Waals surface area (Å²) in [5.74, 6) is -0.643. The third kappa shape index (κ3) is 5.44. The fourth-order valence-electron chi connectivity index (χ4n) is 2.63. The van der Waals surface area contributed by atoms with Crippen molar-refractivity contribution in [3.63, 3.8) is 0 Å². The smallest absolute Gasteiger partial charge is 0.490 e. The molecule has 2 aromatic carbocycles. The van der Waals surface area contributed by atoms with Gasteiger partial charge < -0.3 is 14.9 Å². The quantitative estimate of drug-likeness (QED) is 0.343. The van der Waals surface area contributed by atoms with Crippen molar-refractivity contribution in [1.82, 2.24) is 20.2 Å². The molecule has 11 heteroatoms. The lowest BCUT2D eigenvalue weighted by Gasteiger charge is -2.08. The largest absolute Gasteiger partial charge is 0.496 e. The van der Waals surface area contributed by atoms with E-state index < -0.39 is 10.9 Å². The van der Waals surface area contributed by atoms with Gasteiger partial charge in [-0.25, -0.2) is 9.82 Å². The molecule has 0 aliphatic carbocycles. The first-order valence-electron chi connectivity index (χ1n) is 8.71. The molecule has 0 fully saturated rings. The summed E-state index contributed by atoms with van der Waals surface area (Å²) >= 11 is 0. The first kappa shape index (κ1) is 20.6. The van der Waals surface area contributed by atoms with Gasteiger partial charge in [0, 0.05) is 10.7 Å². The van der Waals surface area contributed by atoms with Crippen LogP contribution in [0.2, 0.25) is 0 Å². The standard InChI is InChI=1S/C19H17FN6O4/c1-30-17-7-4-14(8-15(17)11-25-12-21-19(24-25)26(28)29)10-22-23-18(27)9-13-2-5-16(20)6-3-13/h2-8,10,12H,9,11H2,1H3,(H,23,27). The Bertz CT molecular complexity index is 1080. The van der Waals surface area contributed by atoms with E-state index in [9.17, 15) is 19.3 Å². The number of hydrogen-bond acceptors (Lipinski definition) is 7. The van der Waals surface area contributed by atoms with Crippen LogP contribution in [-0.4, -0.2) is 38.9 Å². The van der Waals surface area contributed by atoms with Gasteiger partial charge in [0.2, 0.25) is 12.2 Å². The molecule has 0 spiro atoms. The van der Waals surface area contributed by atoms with Crippen molar-refractivity contribution in [3.05, 3.63) is 81.4 Å². The Morgan fingerprint density at radius 3 is 2.77 bits per heavy atom. The van der Waals surface area contributed by atoms with Gasteiger partial charge in [0.25, 0.3) is 0 Å². The molecule has 10 nitrogen and oxygen atoms in total. The molecule has 0 unspecified atom stereocenters. The predicted molar refractivity (Wildman–Crippen MR) is 105 cm³/mol. The molecule has 3 aromatic rings.